The summed E-state index contributed by atoms with van der Waals surface area (Å²) >= 11 is 1.44. The Hall–Kier alpha value is -2.28. The van der Waals surface area contributed by atoms with Crippen molar-refractivity contribution < 1.29 is 5.11 Å². The monoisotopic (exact) mass is 345 g/mol. The third-order valence-corrected chi connectivity index (χ3v) is 4.32. The minimum Gasteiger partial charge on any atom is -0.493 e. The van der Waals surface area contributed by atoms with E-state index in [1.165, 1.54) is 11.3 Å². The first-order valence-corrected chi connectivity index (χ1v) is 8.66. The van der Waals surface area contributed by atoms with Crippen LogP contribution in [0.3, 0.4) is 0 Å². The number of hydrogen-bond acceptors (Lipinski definition) is 7. The summed E-state index contributed by atoms with van der Waals surface area (Å²) in [5.74, 6) is 0.571. The molecule has 0 aromatic carbocycles. The van der Waals surface area contributed by atoms with Gasteiger partial charge in [-0.25, -0.2) is 4.98 Å². The Balaban J connectivity index is 2.61. The van der Waals surface area contributed by atoms with Crippen LogP contribution in [-0.4, -0.2) is 37.8 Å². The highest BCUT2D eigenvalue weighted by Crippen LogP contribution is 2.33. The fraction of sp³-hybridized carbons (Fsp3) is 0.412. The van der Waals surface area contributed by atoms with Crippen molar-refractivity contribution in [3.63, 3.8) is 0 Å². The van der Waals surface area contributed by atoms with E-state index in [4.69, 9.17) is 0 Å². The zero-order valence-corrected chi connectivity index (χ0v) is 15.5. The maximum atomic E-state index is 10.4. The molecule has 0 amide bonds. The van der Waals surface area contributed by atoms with Crippen LogP contribution in [0, 0.1) is 0 Å². The van der Waals surface area contributed by atoms with Crippen molar-refractivity contribution in [2.45, 2.75) is 46.6 Å². The molecule has 0 unspecified atom stereocenters. The second-order valence-electron chi connectivity index (χ2n) is 6.08. The number of hydrazone groups is 1. The highest BCUT2D eigenvalue weighted by atomic mass is 32.1. The molecule has 0 fully saturated rings. The van der Waals surface area contributed by atoms with Crippen molar-refractivity contribution in [3.05, 3.63) is 29.2 Å². The van der Waals surface area contributed by atoms with E-state index in [0.29, 0.717) is 5.82 Å². The van der Waals surface area contributed by atoms with Gasteiger partial charge in [0.15, 0.2) is 5.82 Å². The van der Waals surface area contributed by atoms with Gasteiger partial charge in [-0.2, -0.15) is 10.1 Å². The van der Waals surface area contributed by atoms with Gasteiger partial charge in [-0.3, -0.25) is 9.99 Å². The number of hydrogen-bond donors (Lipinski definition) is 1. The minimum absolute atomic E-state index is 0.00816. The van der Waals surface area contributed by atoms with Crippen LogP contribution >= 0.6 is 11.3 Å². The second kappa shape index (κ2) is 7.53. The molecule has 0 radical (unpaired) electrons. The van der Waals surface area contributed by atoms with E-state index in [1.807, 2.05) is 40.8 Å². The average Bonchev–Trinajstić information content (AvgIpc) is 3.05. The molecular weight excluding hydrogens is 322 g/mol. The summed E-state index contributed by atoms with van der Waals surface area (Å²) in [6.45, 7) is 13.6. The number of allylic oxidation sites excluding steroid dienone is 1. The summed E-state index contributed by atoms with van der Waals surface area (Å²) in [5, 5.41) is 16.2. The van der Waals surface area contributed by atoms with E-state index in [0.717, 1.165) is 21.7 Å². The first-order valence-electron chi connectivity index (χ1n) is 7.78. The highest BCUT2D eigenvalue weighted by Gasteiger charge is 2.20. The highest BCUT2D eigenvalue weighted by molar-refractivity contribution is 7.13. The normalized spacial score (nSPS) is 12.0. The largest absolute Gasteiger partial charge is 0.493 e. The Labute approximate surface area is 146 Å². The van der Waals surface area contributed by atoms with Gasteiger partial charge in [-0.1, -0.05) is 13.8 Å². The van der Waals surface area contributed by atoms with Crippen molar-refractivity contribution in [2.24, 2.45) is 5.10 Å². The molecule has 2 aromatic heterocycles. The summed E-state index contributed by atoms with van der Waals surface area (Å²) in [4.78, 5) is 13.8. The van der Waals surface area contributed by atoms with Crippen molar-refractivity contribution in [1.29, 1.82) is 0 Å². The molecule has 1 N–H and O–H groups in total. The lowest BCUT2D eigenvalue weighted by Gasteiger charge is -2.20. The summed E-state index contributed by atoms with van der Waals surface area (Å²) in [7, 11) is 0. The van der Waals surface area contributed by atoms with Crippen LogP contribution in [0.25, 0.3) is 16.3 Å². The summed E-state index contributed by atoms with van der Waals surface area (Å²) in [6, 6.07) is 0.177. The standard InChI is InChI=1S/C17H23N5OS/c1-10(2)14-15(12(5)8-22(18-6)11(3)4)20-16(21-17(14)23)13-7-19-9-24-13/h7-11H,6H2,1-5H3,(H,20,21,23)/b12-8+. The first kappa shape index (κ1) is 18.1. The van der Waals surface area contributed by atoms with E-state index < -0.39 is 0 Å². The van der Waals surface area contributed by atoms with E-state index in [1.54, 1.807) is 16.7 Å². The summed E-state index contributed by atoms with van der Waals surface area (Å²) < 4.78 is 0. The Bertz CT molecular complexity index is 738. The van der Waals surface area contributed by atoms with Crippen molar-refractivity contribution >= 4 is 23.6 Å². The molecule has 2 aromatic rings. The molecule has 6 nitrogen and oxygen atoms in total. The van der Waals surface area contributed by atoms with E-state index in [-0.39, 0.29) is 17.8 Å². The second-order valence-corrected chi connectivity index (χ2v) is 6.97. The summed E-state index contributed by atoms with van der Waals surface area (Å²) in [5.41, 5.74) is 4.06. The van der Waals surface area contributed by atoms with Gasteiger partial charge in [-0.05, 0) is 32.3 Å². The predicted octanol–water partition coefficient (Wildman–Crippen LogP) is 4.12. The van der Waals surface area contributed by atoms with Gasteiger partial charge in [0.25, 0.3) is 0 Å². The number of thiazole rings is 1. The van der Waals surface area contributed by atoms with E-state index >= 15 is 0 Å². The van der Waals surface area contributed by atoms with Crippen LogP contribution in [-0.2, 0) is 0 Å². The Morgan fingerprint density at radius 3 is 2.54 bits per heavy atom. The quantitative estimate of drug-likeness (QED) is 0.630. The maximum absolute atomic E-state index is 10.4. The van der Waals surface area contributed by atoms with Gasteiger partial charge in [-0.15, -0.1) is 11.3 Å². The average molecular weight is 345 g/mol. The van der Waals surface area contributed by atoms with Crippen molar-refractivity contribution in [2.75, 3.05) is 0 Å². The SMILES string of the molecule is C=NN(/C=C(\C)c1nc(-c2cncs2)nc(O)c1C(C)C)C(C)C. The molecule has 0 aliphatic rings. The van der Waals surface area contributed by atoms with Crippen molar-refractivity contribution in [1.82, 2.24) is 20.0 Å². The van der Waals surface area contributed by atoms with Crippen LogP contribution in [0.2, 0.25) is 0 Å². The molecule has 0 bridgehead atoms. The molecule has 0 spiro atoms. The van der Waals surface area contributed by atoms with Gasteiger partial charge < -0.3 is 5.11 Å². The molecule has 7 heteroatoms. The molecule has 0 aliphatic carbocycles. The van der Waals surface area contributed by atoms with Crippen molar-refractivity contribution in [3.8, 4) is 16.6 Å². The van der Waals surface area contributed by atoms with Crippen LogP contribution < -0.4 is 0 Å². The lowest BCUT2D eigenvalue weighted by Crippen LogP contribution is -2.19. The third kappa shape index (κ3) is 3.79. The van der Waals surface area contributed by atoms with Gasteiger partial charge >= 0.3 is 0 Å². The zero-order valence-electron chi connectivity index (χ0n) is 14.7. The molecule has 0 saturated heterocycles. The van der Waals surface area contributed by atoms with Crippen LogP contribution in [0.4, 0.5) is 0 Å². The molecular formula is C17H23N5OS. The minimum atomic E-state index is 0.00816. The lowest BCUT2D eigenvalue weighted by atomic mass is 9.98. The molecule has 2 heterocycles. The number of aromatic hydroxyl groups is 1. The third-order valence-electron chi connectivity index (χ3n) is 3.55. The number of aromatic nitrogens is 3. The van der Waals surface area contributed by atoms with Gasteiger partial charge in [0.05, 0.1) is 16.1 Å². The number of nitrogens with zero attached hydrogens (tertiary/aromatic N) is 5. The Kier molecular flexibility index (Phi) is 5.66. The van der Waals surface area contributed by atoms with Gasteiger partial charge in [0, 0.05) is 30.7 Å². The molecule has 0 saturated carbocycles. The maximum Gasteiger partial charge on any atom is 0.218 e. The topological polar surface area (TPSA) is 74.5 Å². The van der Waals surface area contributed by atoms with Gasteiger partial charge in [0.1, 0.15) is 0 Å². The Morgan fingerprint density at radius 2 is 2.04 bits per heavy atom. The van der Waals surface area contributed by atoms with Gasteiger partial charge in [0.2, 0.25) is 5.88 Å². The predicted molar refractivity (Wildman–Crippen MR) is 99.1 cm³/mol. The Morgan fingerprint density at radius 1 is 1.33 bits per heavy atom. The molecule has 24 heavy (non-hydrogen) atoms. The fourth-order valence-electron chi connectivity index (χ4n) is 2.34. The van der Waals surface area contributed by atoms with Crippen LogP contribution in [0.5, 0.6) is 5.88 Å². The zero-order chi connectivity index (χ0) is 17.9. The fourth-order valence-corrected chi connectivity index (χ4v) is 2.89. The molecule has 128 valence electrons. The smallest absolute Gasteiger partial charge is 0.218 e. The molecule has 0 aliphatic heterocycles. The molecule has 2 rings (SSSR count). The summed E-state index contributed by atoms with van der Waals surface area (Å²) in [6.07, 6.45) is 3.59. The van der Waals surface area contributed by atoms with Crippen LogP contribution in [0.15, 0.2) is 23.0 Å². The molecule has 0 atom stereocenters. The van der Waals surface area contributed by atoms with Crippen LogP contribution in [0.1, 0.15) is 51.8 Å². The first-order chi connectivity index (χ1) is 11.3. The van der Waals surface area contributed by atoms with E-state index in [9.17, 15) is 5.11 Å². The lowest BCUT2D eigenvalue weighted by molar-refractivity contribution is 0.331. The number of rotatable bonds is 6. The van der Waals surface area contributed by atoms with E-state index in [2.05, 4.69) is 26.8 Å².